The summed E-state index contributed by atoms with van der Waals surface area (Å²) in [6.45, 7) is 8.10. The van der Waals surface area contributed by atoms with Gasteiger partial charge < -0.3 is 9.31 Å². The van der Waals surface area contributed by atoms with Gasteiger partial charge in [0, 0.05) is 35.8 Å². The van der Waals surface area contributed by atoms with Crippen molar-refractivity contribution in [3.05, 3.63) is 36.9 Å². The Labute approximate surface area is 124 Å². The zero-order valence-electron chi connectivity index (χ0n) is 12.7. The summed E-state index contributed by atoms with van der Waals surface area (Å²) in [7, 11) is -0.432. The van der Waals surface area contributed by atoms with E-state index in [-0.39, 0.29) is 11.2 Å². The van der Waals surface area contributed by atoms with Gasteiger partial charge in [-0.05, 0) is 39.8 Å². The monoisotopic (exact) mass is 283 g/mol. The highest BCUT2D eigenvalue weighted by molar-refractivity contribution is 6.61. The molecule has 0 aliphatic carbocycles. The molecular formula is C15H18BN3O2. The molecule has 3 rings (SSSR count). The fraction of sp³-hybridized carbons (Fsp3) is 0.400. The predicted octanol–water partition coefficient (Wildman–Crippen LogP) is 1.84. The van der Waals surface area contributed by atoms with E-state index < -0.39 is 7.12 Å². The van der Waals surface area contributed by atoms with Crippen molar-refractivity contribution in [2.75, 3.05) is 0 Å². The summed E-state index contributed by atoms with van der Waals surface area (Å²) >= 11 is 0. The fourth-order valence-corrected chi connectivity index (χ4v) is 2.08. The third kappa shape index (κ3) is 2.56. The summed E-state index contributed by atoms with van der Waals surface area (Å²) in [6, 6.07) is 3.79. The average molecular weight is 283 g/mol. The molecule has 21 heavy (non-hydrogen) atoms. The molecule has 0 atom stereocenters. The minimum absolute atomic E-state index is 0.361. The molecule has 0 amide bonds. The van der Waals surface area contributed by atoms with Crippen molar-refractivity contribution in [2.45, 2.75) is 38.9 Å². The van der Waals surface area contributed by atoms with Crippen molar-refractivity contribution in [3.8, 4) is 11.4 Å². The first kappa shape index (κ1) is 14.2. The molecular weight excluding hydrogens is 265 g/mol. The van der Waals surface area contributed by atoms with Crippen LogP contribution in [0.25, 0.3) is 11.4 Å². The summed E-state index contributed by atoms with van der Waals surface area (Å²) in [6.07, 6.45) is 6.96. The number of aromatic nitrogens is 3. The molecule has 6 heteroatoms. The van der Waals surface area contributed by atoms with E-state index >= 15 is 0 Å². The Bertz CT molecular complexity index is 613. The zero-order chi connectivity index (χ0) is 15.1. The van der Waals surface area contributed by atoms with Crippen molar-refractivity contribution in [3.63, 3.8) is 0 Å². The van der Waals surface area contributed by atoms with E-state index in [0.29, 0.717) is 5.82 Å². The van der Waals surface area contributed by atoms with Gasteiger partial charge in [0.1, 0.15) is 0 Å². The minimum atomic E-state index is -0.432. The third-order valence-corrected chi connectivity index (χ3v) is 4.12. The average Bonchev–Trinajstić information content (AvgIpc) is 2.69. The van der Waals surface area contributed by atoms with E-state index in [1.54, 1.807) is 24.8 Å². The van der Waals surface area contributed by atoms with Gasteiger partial charge in [-0.2, -0.15) is 0 Å². The lowest BCUT2D eigenvalue weighted by atomic mass is 9.81. The first-order valence-electron chi connectivity index (χ1n) is 6.97. The van der Waals surface area contributed by atoms with Crippen LogP contribution < -0.4 is 5.46 Å². The van der Waals surface area contributed by atoms with Gasteiger partial charge in [0.2, 0.25) is 0 Å². The molecule has 0 bridgehead atoms. The zero-order valence-corrected chi connectivity index (χ0v) is 12.7. The molecule has 0 aromatic carbocycles. The lowest BCUT2D eigenvalue weighted by Crippen LogP contribution is -2.41. The SMILES string of the molecule is CC1(C)OB(c2cnc(-c3cccnc3)nc2)OC1(C)C. The van der Waals surface area contributed by atoms with Crippen LogP contribution in [-0.4, -0.2) is 33.3 Å². The summed E-state index contributed by atoms with van der Waals surface area (Å²) in [4.78, 5) is 12.8. The van der Waals surface area contributed by atoms with E-state index in [9.17, 15) is 0 Å². The Morgan fingerprint density at radius 2 is 1.57 bits per heavy atom. The maximum atomic E-state index is 5.98. The van der Waals surface area contributed by atoms with Crippen LogP contribution in [0.2, 0.25) is 0 Å². The maximum absolute atomic E-state index is 5.98. The van der Waals surface area contributed by atoms with Crippen LogP contribution in [0.4, 0.5) is 0 Å². The lowest BCUT2D eigenvalue weighted by molar-refractivity contribution is 0.00578. The Morgan fingerprint density at radius 1 is 0.952 bits per heavy atom. The van der Waals surface area contributed by atoms with Crippen LogP contribution in [0.15, 0.2) is 36.9 Å². The molecule has 0 unspecified atom stereocenters. The second kappa shape index (κ2) is 4.89. The predicted molar refractivity (Wildman–Crippen MR) is 81.0 cm³/mol. The van der Waals surface area contributed by atoms with Crippen LogP contribution >= 0.6 is 0 Å². The van der Waals surface area contributed by atoms with Gasteiger partial charge in [-0.25, -0.2) is 9.97 Å². The van der Waals surface area contributed by atoms with Gasteiger partial charge in [0.15, 0.2) is 5.82 Å². The molecule has 1 fully saturated rings. The van der Waals surface area contributed by atoms with Crippen molar-refractivity contribution in [1.29, 1.82) is 0 Å². The standard InChI is InChI=1S/C15H18BN3O2/c1-14(2)15(3,4)21-16(20-14)12-9-18-13(19-10-12)11-6-5-7-17-8-11/h5-10H,1-4H3. The highest BCUT2D eigenvalue weighted by Gasteiger charge is 2.51. The number of nitrogens with zero attached hydrogens (tertiary/aromatic N) is 3. The van der Waals surface area contributed by atoms with Gasteiger partial charge in [-0.3, -0.25) is 4.98 Å². The molecule has 0 spiro atoms. The highest BCUT2D eigenvalue weighted by Crippen LogP contribution is 2.36. The second-order valence-electron chi connectivity index (χ2n) is 6.17. The Balaban J connectivity index is 1.83. The molecule has 5 nitrogen and oxygen atoms in total. The van der Waals surface area contributed by atoms with Crippen molar-refractivity contribution in [2.24, 2.45) is 0 Å². The normalized spacial score (nSPS) is 19.7. The summed E-state index contributed by atoms with van der Waals surface area (Å²) < 4.78 is 12.0. The van der Waals surface area contributed by atoms with Crippen molar-refractivity contribution < 1.29 is 9.31 Å². The van der Waals surface area contributed by atoms with Gasteiger partial charge in [-0.15, -0.1) is 0 Å². The molecule has 1 aliphatic heterocycles. The number of rotatable bonds is 2. The van der Waals surface area contributed by atoms with Crippen LogP contribution in [0, 0.1) is 0 Å². The number of hydrogen-bond donors (Lipinski definition) is 0. The molecule has 3 heterocycles. The van der Waals surface area contributed by atoms with Crippen molar-refractivity contribution in [1.82, 2.24) is 15.0 Å². The molecule has 0 saturated carbocycles. The van der Waals surface area contributed by atoms with Crippen LogP contribution in [-0.2, 0) is 9.31 Å². The van der Waals surface area contributed by atoms with Gasteiger partial charge in [0.05, 0.1) is 11.2 Å². The third-order valence-electron chi connectivity index (χ3n) is 4.12. The fourth-order valence-electron chi connectivity index (χ4n) is 2.08. The van der Waals surface area contributed by atoms with Crippen LogP contribution in [0.1, 0.15) is 27.7 Å². The largest absolute Gasteiger partial charge is 0.498 e. The lowest BCUT2D eigenvalue weighted by Gasteiger charge is -2.32. The topological polar surface area (TPSA) is 57.1 Å². The summed E-state index contributed by atoms with van der Waals surface area (Å²) in [5.74, 6) is 0.642. The number of hydrogen-bond acceptors (Lipinski definition) is 5. The van der Waals surface area contributed by atoms with E-state index in [2.05, 4.69) is 15.0 Å². The molecule has 0 radical (unpaired) electrons. The quantitative estimate of drug-likeness (QED) is 0.787. The molecule has 0 N–H and O–H groups in total. The molecule has 1 saturated heterocycles. The smallest absolute Gasteiger partial charge is 0.399 e. The Morgan fingerprint density at radius 3 is 2.10 bits per heavy atom. The van der Waals surface area contributed by atoms with Crippen molar-refractivity contribution >= 4 is 12.6 Å². The van der Waals surface area contributed by atoms with E-state index in [0.717, 1.165) is 11.0 Å². The minimum Gasteiger partial charge on any atom is -0.399 e. The van der Waals surface area contributed by atoms with Crippen LogP contribution in [0.5, 0.6) is 0 Å². The van der Waals surface area contributed by atoms with Gasteiger partial charge in [0.25, 0.3) is 0 Å². The molecule has 108 valence electrons. The first-order valence-corrected chi connectivity index (χ1v) is 6.97. The van der Waals surface area contributed by atoms with Gasteiger partial charge >= 0.3 is 7.12 Å². The Kier molecular flexibility index (Phi) is 3.30. The number of pyridine rings is 1. The first-order chi connectivity index (χ1) is 9.89. The van der Waals surface area contributed by atoms with E-state index in [1.807, 2.05) is 39.8 Å². The maximum Gasteiger partial charge on any atom is 0.498 e. The van der Waals surface area contributed by atoms with E-state index in [1.165, 1.54) is 0 Å². The Hall–Kier alpha value is -1.79. The summed E-state index contributed by atoms with van der Waals surface area (Å²) in [5, 5.41) is 0. The van der Waals surface area contributed by atoms with Gasteiger partial charge in [-0.1, -0.05) is 0 Å². The van der Waals surface area contributed by atoms with Crippen LogP contribution in [0.3, 0.4) is 0 Å². The summed E-state index contributed by atoms with van der Waals surface area (Å²) in [5.41, 5.74) is 0.985. The molecule has 2 aromatic heterocycles. The second-order valence-corrected chi connectivity index (χ2v) is 6.17. The highest BCUT2D eigenvalue weighted by atomic mass is 16.7. The molecule has 2 aromatic rings. The van der Waals surface area contributed by atoms with E-state index in [4.69, 9.17) is 9.31 Å². The molecule has 1 aliphatic rings.